The fourth-order valence-electron chi connectivity index (χ4n) is 7.35. The Morgan fingerprint density at radius 3 is 1.47 bits per heavy atom. The van der Waals surface area contributed by atoms with Crippen LogP contribution in [0.2, 0.25) is 51.4 Å². The third-order valence-corrected chi connectivity index (χ3v) is 15.7. The van der Waals surface area contributed by atoms with E-state index in [1.807, 2.05) is 26.5 Å². The Balaban J connectivity index is 0.000000591. The van der Waals surface area contributed by atoms with Crippen molar-refractivity contribution in [2.45, 2.75) is 64.8 Å². The number of rotatable bonds is 16. The summed E-state index contributed by atoms with van der Waals surface area (Å²) >= 11 is 3.68. The van der Waals surface area contributed by atoms with Crippen molar-refractivity contribution in [2.75, 3.05) is 109 Å². The summed E-state index contributed by atoms with van der Waals surface area (Å²) in [5.74, 6) is 0. The maximum absolute atomic E-state index is 8.93. The molecular weight excluding hydrogens is 1190 g/mol. The fraction of sp³-hybridized carbons (Fsp3) is 0.480. The molecule has 2 aromatic carbocycles. The number of hydrogen-bond acceptors (Lipinski definition) is 14. The second kappa shape index (κ2) is 37.4. The second-order valence-corrected chi connectivity index (χ2v) is 32.7. The Kier molecular flexibility index (Phi) is 37.1. The number of hydrogen-bond donors (Lipinski definition) is 2. The second-order valence-electron chi connectivity index (χ2n) is 20.0. The molecule has 16 nitrogen and oxygen atoms in total. The summed E-state index contributed by atoms with van der Waals surface area (Å²) in [4.78, 5) is 25.2. The normalized spacial score (nSPS) is 13.5. The first-order valence-corrected chi connectivity index (χ1v) is 33.0. The van der Waals surface area contributed by atoms with E-state index in [2.05, 4.69) is 176 Å². The Labute approximate surface area is 589 Å². The number of halogens is 1. The van der Waals surface area contributed by atoms with Gasteiger partial charge in [-0.05, 0) is 80.1 Å². The van der Waals surface area contributed by atoms with E-state index < -0.39 is 24.4 Å². The van der Waals surface area contributed by atoms with E-state index in [1.54, 1.807) is 0 Å². The van der Waals surface area contributed by atoms with Crippen molar-refractivity contribution >= 4 is 234 Å². The van der Waals surface area contributed by atoms with E-state index in [0.29, 0.717) is 13.5 Å². The minimum Gasteiger partial charge on any atom is -0.565 e. The largest absolute Gasteiger partial charge is 0.565 e. The van der Waals surface area contributed by atoms with Gasteiger partial charge in [-0.25, -0.2) is 15.2 Å². The van der Waals surface area contributed by atoms with Gasteiger partial charge in [0.05, 0.1) is 32.1 Å². The zero-order valence-corrected chi connectivity index (χ0v) is 60.8. The van der Waals surface area contributed by atoms with Gasteiger partial charge in [0.1, 0.15) is 24.8 Å². The predicted molar refractivity (Wildman–Crippen MR) is 310 cm³/mol. The molecule has 0 saturated carbocycles. The molecule has 2 aliphatic rings. The van der Waals surface area contributed by atoms with Gasteiger partial charge in [-0.1, -0.05) is 63.5 Å². The van der Waals surface area contributed by atoms with Crippen LogP contribution in [0.1, 0.15) is 0 Å². The van der Waals surface area contributed by atoms with Crippen molar-refractivity contribution in [2.24, 2.45) is 0 Å². The third-order valence-electron chi connectivity index (χ3n) is 11.5. The molecule has 6 aromatic rings. The first-order valence-electron chi connectivity index (χ1n) is 23.7. The molecule has 1 unspecified atom stereocenters. The maximum atomic E-state index is 8.93. The van der Waals surface area contributed by atoms with Crippen molar-refractivity contribution in [3.8, 4) is 22.3 Å². The van der Waals surface area contributed by atoms with Crippen LogP contribution in [0, 0.1) is 0 Å². The summed E-state index contributed by atoms with van der Waals surface area (Å²) in [6, 6.07) is 24.0. The van der Waals surface area contributed by atoms with Crippen LogP contribution in [0.25, 0.3) is 44.3 Å². The van der Waals surface area contributed by atoms with Crippen LogP contribution in [0.4, 0.5) is 17.1 Å². The van der Waals surface area contributed by atoms with Gasteiger partial charge in [-0.15, -0.1) is 0 Å². The molecule has 6 heterocycles. The first kappa shape index (κ1) is 73.4. The molecule has 2 N–H and O–H groups in total. The van der Waals surface area contributed by atoms with Gasteiger partial charge in [0.15, 0.2) is 0 Å². The van der Waals surface area contributed by atoms with Crippen molar-refractivity contribution in [1.82, 2.24) is 24.4 Å². The number of pyridine rings is 2. The summed E-state index contributed by atoms with van der Waals surface area (Å²) in [6.07, 6.45) is 8.19. The van der Waals surface area contributed by atoms with Crippen LogP contribution in [0.3, 0.4) is 0 Å². The van der Waals surface area contributed by atoms with Crippen molar-refractivity contribution < 1.29 is 55.4 Å². The average Bonchev–Trinajstić information content (AvgIpc) is 3.88. The number of fused-ring (bicyclic) bond motifs is 2. The molecule has 2 saturated heterocycles. The first-order chi connectivity index (χ1) is 33.3. The van der Waals surface area contributed by atoms with E-state index in [4.69, 9.17) is 43.6 Å². The van der Waals surface area contributed by atoms with Crippen LogP contribution < -0.4 is 24.9 Å². The topological polar surface area (TPSA) is 164 Å². The summed E-state index contributed by atoms with van der Waals surface area (Å²) in [5.41, 5.74) is 10.1. The van der Waals surface area contributed by atoms with E-state index in [1.165, 1.54) is 45.7 Å². The van der Waals surface area contributed by atoms with E-state index >= 15 is 0 Å². The molecule has 4 aromatic heterocycles. The summed E-state index contributed by atoms with van der Waals surface area (Å²) in [5, 5.41) is 12.5. The SMILES string of the molecule is C1COCCN1.CN(C)c1ccc(-c2cnc3c(c2)c(Br)cn3COCC[Si](C)(C)C)cc1.CN(C)c1ccc(-c2cnc3c(c2)c(N2CCOCC2)cn3COCC[Si](C)(C)C)cc1.O=[P+]([O-])OO.[Cu].[K].[K].[K]. The Morgan fingerprint density at radius 1 is 0.689 bits per heavy atom. The molecule has 0 amide bonds. The molecule has 2 fully saturated rings. The Morgan fingerprint density at radius 2 is 1.09 bits per heavy atom. The van der Waals surface area contributed by atoms with Gasteiger partial charge < -0.3 is 53.0 Å². The standard InChI is InChI=1S/C25H36N4O2Si.C21H28BrN3OSi.C4H9NO.Cu.3K.HO4P/c1-27(2)22-8-6-20(7-9-22)21-16-23-24(28-10-12-30-13-11-28)18-29(25(23)26-17-21)19-31-14-15-32(3,4)5;1-24(2)18-8-6-16(7-9-18)17-12-19-20(22)14-25(21(19)23-13-17)15-26-10-11-27(3,4)5;1-3-6-4-2-5-1;;;;;1-4-5(2)3/h6-9,16-18H,10-15,19H2,1-5H3;6-9,12-14H,10-11,15H2,1-5H3;5H,1-4H2;;;;;1H. The summed E-state index contributed by atoms with van der Waals surface area (Å²) in [7, 11) is 3.02. The molecular formula is C50H74BrCuK3N8O8PSi2. The molecule has 1 atom stereocenters. The van der Waals surface area contributed by atoms with Crippen molar-refractivity contribution in [3.63, 3.8) is 0 Å². The molecule has 396 valence electrons. The maximum Gasteiger partial charge on any atom is 0.521 e. The van der Waals surface area contributed by atoms with Crippen LogP contribution in [-0.4, -0.2) is 289 Å². The van der Waals surface area contributed by atoms with E-state index in [0.717, 1.165) is 98.1 Å². The van der Waals surface area contributed by atoms with Gasteiger partial charge in [0, 0.05) is 322 Å². The van der Waals surface area contributed by atoms with Crippen LogP contribution in [0.5, 0.6) is 0 Å². The van der Waals surface area contributed by atoms with Crippen LogP contribution in [-0.2, 0) is 58.7 Å². The molecule has 4 radical (unpaired) electrons. The minimum atomic E-state index is -3.04. The molecule has 8 rings (SSSR count). The molecule has 2 aliphatic heterocycles. The van der Waals surface area contributed by atoms with Gasteiger partial charge >= 0.3 is 8.25 Å². The molecule has 24 heteroatoms. The minimum absolute atomic E-state index is 0. The van der Waals surface area contributed by atoms with Crippen molar-refractivity contribution in [3.05, 3.63) is 89.9 Å². The fourth-order valence-corrected chi connectivity index (χ4v) is 9.41. The van der Waals surface area contributed by atoms with Gasteiger partial charge in [-0.3, -0.25) is 0 Å². The van der Waals surface area contributed by atoms with Crippen molar-refractivity contribution in [1.29, 1.82) is 0 Å². The number of aromatic nitrogens is 4. The molecule has 74 heavy (non-hydrogen) atoms. The Bertz CT molecular complexity index is 2540. The molecule has 0 bridgehead atoms. The van der Waals surface area contributed by atoms with Gasteiger partial charge in [0.2, 0.25) is 0 Å². The molecule has 0 aliphatic carbocycles. The number of benzene rings is 2. The van der Waals surface area contributed by atoms with E-state index in [-0.39, 0.29) is 171 Å². The zero-order chi connectivity index (χ0) is 50.8. The number of anilines is 3. The Hall–Kier alpha value is 1.34. The van der Waals surface area contributed by atoms with Crippen LogP contribution in [0.15, 0.2) is 89.9 Å². The van der Waals surface area contributed by atoms with Gasteiger partial charge in [0.25, 0.3) is 0 Å². The summed E-state index contributed by atoms with van der Waals surface area (Å²) in [6.45, 7) is 24.1. The number of nitrogens with one attached hydrogen (secondary N) is 1. The average molecular weight is 1260 g/mol. The van der Waals surface area contributed by atoms with Gasteiger partial charge in [-0.2, -0.15) is 0 Å². The van der Waals surface area contributed by atoms with E-state index in [9.17, 15) is 0 Å². The quantitative estimate of drug-likeness (QED) is 0.0311. The smallest absolute Gasteiger partial charge is 0.521 e. The number of morpholine rings is 2. The third kappa shape index (κ3) is 25.2. The number of ether oxygens (including phenoxy) is 4. The summed E-state index contributed by atoms with van der Waals surface area (Å²) < 4.78 is 39.5. The zero-order valence-electron chi connectivity index (χ0n) is 46.0. The number of nitrogens with zero attached hydrogens (tertiary/aromatic N) is 7. The monoisotopic (exact) mass is 1260 g/mol. The van der Waals surface area contributed by atoms with Crippen LogP contribution >= 0.6 is 24.2 Å². The predicted octanol–water partition coefficient (Wildman–Crippen LogP) is 8.72. The molecule has 0 spiro atoms.